The van der Waals surface area contributed by atoms with E-state index < -0.39 is 0 Å². The molecule has 4 fully saturated rings. The molecule has 146 valence electrons. The molecule has 0 unspecified atom stereocenters. The van der Waals surface area contributed by atoms with Gasteiger partial charge in [0, 0.05) is 17.6 Å². The third kappa shape index (κ3) is 3.39. The van der Waals surface area contributed by atoms with Gasteiger partial charge in [-0.3, -0.25) is 9.59 Å². The second-order valence-corrected chi connectivity index (χ2v) is 9.22. The van der Waals surface area contributed by atoms with Crippen molar-refractivity contribution >= 4 is 11.9 Å². The molecule has 0 saturated heterocycles. The Balaban J connectivity index is 1.65. The molecule has 0 aromatic heterocycles. The van der Waals surface area contributed by atoms with Crippen LogP contribution < -0.4 is 0 Å². The number of carbonyl (C=O) groups is 2. The molecular weight excluding hydrogens is 338 g/mol. The molecule has 4 bridgehead atoms. The van der Waals surface area contributed by atoms with E-state index in [-0.39, 0.29) is 23.8 Å². The Bertz CT molecular complexity index is 719. The molecule has 27 heavy (non-hydrogen) atoms. The predicted octanol–water partition coefficient (Wildman–Crippen LogP) is 4.28. The summed E-state index contributed by atoms with van der Waals surface area (Å²) in [4.78, 5) is 27.5. The molecule has 0 aliphatic heterocycles. The van der Waals surface area contributed by atoms with E-state index in [1.165, 1.54) is 31.9 Å². The molecule has 5 rings (SSSR count). The van der Waals surface area contributed by atoms with E-state index in [2.05, 4.69) is 18.7 Å². The number of aryl methyl sites for hydroxylation is 2. The molecule has 4 nitrogen and oxygen atoms in total. The van der Waals surface area contributed by atoms with Crippen LogP contribution in [0.5, 0.6) is 0 Å². The molecule has 4 aliphatic rings. The van der Waals surface area contributed by atoms with Crippen molar-refractivity contribution in [3.05, 3.63) is 34.9 Å². The first kappa shape index (κ1) is 18.5. The second-order valence-electron chi connectivity index (χ2n) is 9.22. The first-order valence-corrected chi connectivity index (χ1v) is 10.4. The maximum Gasteiger partial charge on any atom is 0.307 e. The van der Waals surface area contributed by atoms with Gasteiger partial charge in [0.15, 0.2) is 0 Å². The largest absolute Gasteiger partial charge is 0.469 e. The van der Waals surface area contributed by atoms with Gasteiger partial charge in [0.1, 0.15) is 0 Å². The number of hydrogen-bond acceptors (Lipinski definition) is 3. The van der Waals surface area contributed by atoms with Crippen molar-refractivity contribution < 1.29 is 14.3 Å². The van der Waals surface area contributed by atoms with E-state index in [4.69, 9.17) is 4.74 Å². The average molecular weight is 370 g/mol. The summed E-state index contributed by atoms with van der Waals surface area (Å²) in [7, 11) is 1.42. The number of benzene rings is 1. The third-order valence-electron chi connectivity index (χ3n) is 7.34. The van der Waals surface area contributed by atoms with Gasteiger partial charge in [-0.1, -0.05) is 6.07 Å². The van der Waals surface area contributed by atoms with E-state index >= 15 is 0 Å². The Morgan fingerprint density at radius 2 is 1.63 bits per heavy atom. The van der Waals surface area contributed by atoms with Crippen LogP contribution in [0.4, 0.5) is 0 Å². The highest BCUT2D eigenvalue weighted by molar-refractivity contribution is 5.95. The minimum atomic E-state index is -0.238. The maximum atomic E-state index is 13.6. The minimum absolute atomic E-state index is 0.0569. The van der Waals surface area contributed by atoms with Crippen LogP contribution in [0.15, 0.2) is 18.2 Å². The smallest absolute Gasteiger partial charge is 0.307 e. The van der Waals surface area contributed by atoms with E-state index in [0.717, 1.165) is 48.1 Å². The van der Waals surface area contributed by atoms with Gasteiger partial charge >= 0.3 is 5.97 Å². The molecule has 0 spiro atoms. The summed E-state index contributed by atoms with van der Waals surface area (Å²) in [6.07, 6.45) is 7.60. The lowest BCUT2D eigenvalue weighted by Crippen LogP contribution is -2.61. The average Bonchev–Trinajstić information content (AvgIpc) is 2.62. The second kappa shape index (κ2) is 6.96. The summed E-state index contributed by atoms with van der Waals surface area (Å²) >= 11 is 0. The van der Waals surface area contributed by atoms with Gasteiger partial charge in [-0.2, -0.15) is 0 Å². The van der Waals surface area contributed by atoms with Crippen molar-refractivity contribution in [3.63, 3.8) is 0 Å². The Hall–Kier alpha value is -1.84. The van der Waals surface area contributed by atoms with Crippen LogP contribution in [-0.2, 0) is 9.53 Å². The summed E-state index contributed by atoms with van der Waals surface area (Å²) in [5, 5.41) is 0. The van der Waals surface area contributed by atoms with Gasteiger partial charge in [-0.25, -0.2) is 0 Å². The maximum absolute atomic E-state index is 13.6. The SMILES string of the molecule is COC(=O)CCN(C(=O)c1ccc(C)c(C)c1)C12CC3CC(CC(C3)C1)C2. The highest BCUT2D eigenvalue weighted by Crippen LogP contribution is 2.58. The first-order valence-electron chi connectivity index (χ1n) is 10.4. The van der Waals surface area contributed by atoms with Crippen molar-refractivity contribution in [3.8, 4) is 0 Å². The van der Waals surface area contributed by atoms with Crippen LogP contribution in [0.1, 0.15) is 66.4 Å². The number of nitrogens with zero attached hydrogens (tertiary/aromatic N) is 1. The Morgan fingerprint density at radius 1 is 1.04 bits per heavy atom. The lowest BCUT2D eigenvalue weighted by molar-refractivity contribution is -0.141. The zero-order chi connectivity index (χ0) is 19.2. The molecule has 1 aromatic carbocycles. The molecule has 0 heterocycles. The molecule has 0 atom stereocenters. The summed E-state index contributed by atoms with van der Waals surface area (Å²) in [6.45, 7) is 4.58. The number of methoxy groups -OCH3 is 1. The number of rotatable bonds is 5. The summed E-state index contributed by atoms with van der Waals surface area (Å²) < 4.78 is 4.86. The quantitative estimate of drug-likeness (QED) is 0.728. The third-order valence-corrected chi connectivity index (χ3v) is 7.34. The van der Waals surface area contributed by atoms with Gasteiger partial charge in [-0.15, -0.1) is 0 Å². The number of ether oxygens (including phenoxy) is 1. The Morgan fingerprint density at radius 3 is 2.15 bits per heavy atom. The predicted molar refractivity (Wildman–Crippen MR) is 104 cm³/mol. The van der Waals surface area contributed by atoms with Crippen LogP contribution in [0.2, 0.25) is 0 Å². The van der Waals surface area contributed by atoms with E-state index in [1.54, 1.807) is 0 Å². The molecule has 1 amide bonds. The fourth-order valence-electron chi connectivity index (χ4n) is 6.29. The number of hydrogen-bond donors (Lipinski definition) is 0. The highest BCUT2D eigenvalue weighted by Gasteiger charge is 2.54. The van der Waals surface area contributed by atoms with Gasteiger partial charge in [0.05, 0.1) is 13.5 Å². The van der Waals surface area contributed by atoms with Crippen molar-refractivity contribution in [2.75, 3.05) is 13.7 Å². The lowest BCUT2D eigenvalue weighted by atomic mass is 9.52. The van der Waals surface area contributed by atoms with Crippen LogP contribution >= 0.6 is 0 Å². The highest BCUT2D eigenvalue weighted by atomic mass is 16.5. The van der Waals surface area contributed by atoms with Crippen LogP contribution in [0.25, 0.3) is 0 Å². The summed E-state index contributed by atoms with van der Waals surface area (Å²) in [5.41, 5.74) is 3.03. The van der Waals surface area contributed by atoms with Gasteiger partial charge in [-0.05, 0) is 93.4 Å². The number of amides is 1. The van der Waals surface area contributed by atoms with Gasteiger partial charge in [0.2, 0.25) is 0 Å². The number of carbonyl (C=O) groups excluding carboxylic acids is 2. The molecule has 0 radical (unpaired) electrons. The monoisotopic (exact) mass is 369 g/mol. The standard InChI is InChI=1S/C23H31NO3/c1-15-4-5-20(8-16(15)2)22(26)24(7-6-21(25)27-3)23-12-17-9-18(13-23)11-19(10-17)14-23/h4-5,8,17-19H,6-7,9-14H2,1-3H3. The fraction of sp³-hybridized carbons (Fsp3) is 0.652. The molecule has 1 aromatic rings. The van der Waals surface area contributed by atoms with Crippen LogP contribution in [0, 0.1) is 31.6 Å². The normalized spacial score (nSPS) is 31.0. The van der Waals surface area contributed by atoms with Gasteiger partial charge in [0.25, 0.3) is 5.91 Å². The molecular formula is C23H31NO3. The van der Waals surface area contributed by atoms with Gasteiger partial charge < -0.3 is 9.64 Å². The molecule has 4 aliphatic carbocycles. The minimum Gasteiger partial charge on any atom is -0.469 e. The molecule has 4 saturated carbocycles. The van der Waals surface area contributed by atoms with Crippen molar-refractivity contribution in [2.45, 2.75) is 64.3 Å². The number of esters is 1. The zero-order valence-corrected chi connectivity index (χ0v) is 16.8. The Labute approximate surface area is 162 Å². The zero-order valence-electron chi connectivity index (χ0n) is 16.8. The topological polar surface area (TPSA) is 46.6 Å². The van der Waals surface area contributed by atoms with E-state index in [0.29, 0.717) is 6.54 Å². The lowest BCUT2D eigenvalue weighted by Gasteiger charge is -2.60. The summed E-state index contributed by atoms with van der Waals surface area (Å²) in [6, 6.07) is 5.97. The van der Waals surface area contributed by atoms with E-state index in [9.17, 15) is 9.59 Å². The first-order chi connectivity index (χ1) is 12.9. The molecule has 4 heteroatoms. The Kier molecular flexibility index (Phi) is 4.77. The molecule has 0 N–H and O–H groups in total. The summed E-state index contributed by atoms with van der Waals surface area (Å²) in [5.74, 6) is 2.11. The van der Waals surface area contributed by atoms with Crippen molar-refractivity contribution in [1.29, 1.82) is 0 Å². The van der Waals surface area contributed by atoms with Crippen LogP contribution in [-0.4, -0.2) is 36.0 Å². The van der Waals surface area contributed by atoms with Crippen molar-refractivity contribution in [2.24, 2.45) is 17.8 Å². The fourth-order valence-corrected chi connectivity index (χ4v) is 6.29. The van der Waals surface area contributed by atoms with Crippen LogP contribution in [0.3, 0.4) is 0 Å². The van der Waals surface area contributed by atoms with Crippen molar-refractivity contribution in [1.82, 2.24) is 4.90 Å². The van der Waals surface area contributed by atoms with E-state index in [1.807, 2.05) is 18.2 Å².